The Morgan fingerprint density at radius 1 is 1.36 bits per heavy atom. The first kappa shape index (κ1) is 9.06. The lowest BCUT2D eigenvalue weighted by Crippen LogP contribution is -1.90. The van der Waals surface area contributed by atoms with Crippen molar-refractivity contribution in [2.75, 3.05) is 7.11 Å². The maximum atomic E-state index is 5.28. The Balaban J connectivity index is 2.74. The fraction of sp³-hybridized carbons (Fsp3) is 0.364. The van der Waals surface area contributed by atoms with Gasteiger partial charge in [0.2, 0.25) is 0 Å². The van der Waals surface area contributed by atoms with Gasteiger partial charge in [0.1, 0.15) is 5.75 Å². The molecule has 0 aliphatic carbocycles. The highest BCUT2D eigenvalue weighted by molar-refractivity contribution is 5.86. The molecule has 1 aromatic heterocycles. The lowest BCUT2D eigenvalue weighted by molar-refractivity contribution is 0.419. The van der Waals surface area contributed by atoms with Crippen LogP contribution in [0.15, 0.2) is 22.7 Å². The van der Waals surface area contributed by atoms with Crippen molar-refractivity contribution in [3.8, 4) is 5.75 Å². The molecule has 3 nitrogen and oxygen atoms in total. The SMILES string of the molecule is COc1cccc2onc(C(C)C)c12. The fourth-order valence-corrected chi connectivity index (χ4v) is 1.55. The van der Waals surface area contributed by atoms with Crippen LogP contribution in [0.4, 0.5) is 0 Å². The van der Waals surface area contributed by atoms with Gasteiger partial charge >= 0.3 is 0 Å². The summed E-state index contributed by atoms with van der Waals surface area (Å²) in [7, 11) is 1.66. The molecule has 14 heavy (non-hydrogen) atoms. The number of benzene rings is 1. The molecule has 0 radical (unpaired) electrons. The normalized spacial score (nSPS) is 11.1. The van der Waals surface area contributed by atoms with Crippen LogP contribution >= 0.6 is 0 Å². The molecule has 0 saturated carbocycles. The summed E-state index contributed by atoms with van der Waals surface area (Å²) < 4.78 is 10.5. The highest BCUT2D eigenvalue weighted by Crippen LogP contribution is 2.32. The van der Waals surface area contributed by atoms with Crippen LogP contribution in [0, 0.1) is 0 Å². The van der Waals surface area contributed by atoms with E-state index in [1.54, 1.807) is 7.11 Å². The van der Waals surface area contributed by atoms with E-state index in [1.807, 2.05) is 18.2 Å². The van der Waals surface area contributed by atoms with Crippen molar-refractivity contribution in [1.82, 2.24) is 5.16 Å². The van der Waals surface area contributed by atoms with Crippen LogP contribution in [-0.2, 0) is 0 Å². The Morgan fingerprint density at radius 2 is 2.14 bits per heavy atom. The smallest absolute Gasteiger partial charge is 0.170 e. The van der Waals surface area contributed by atoms with Gasteiger partial charge in [0.05, 0.1) is 18.2 Å². The highest BCUT2D eigenvalue weighted by atomic mass is 16.5. The Hall–Kier alpha value is -1.51. The van der Waals surface area contributed by atoms with E-state index in [0.717, 1.165) is 22.4 Å². The van der Waals surface area contributed by atoms with Crippen molar-refractivity contribution in [3.63, 3.8) is 0 Å². The van der Waals surface area contributed by atoms with Crippen LogP contribution in [-0.4, -0.2) is 12.3 Å². The molecule has 0 aliphatic heterocycles. The standard InChI is InChI=1S/C11H13NO2/c1-7(2)11-10-8(13-3)5-4-6-9(10)14-12-11/h4-7H,1-3H3. The Kier molecular flexibility index (Phi) is 2.15. The van der Waals surface area contributed by atoms with Crippen LogP contribution in [0.25, 0.3) is 11.0 Å². The Morgan fingerprint density at radius 3 is 2.79 bits per heavy atom. The van der Waals surface area contributed by atoms with Crippen LogP contribution in [0.2, 0.25) is 0 Å². The first-order valence-electron chi connectivity index (χ1n) is 4.66. The first-order valence-corrected chi connectivity index (χ1v) is 4.66. The molecule has 0 fully saturated rings. The minimum atomic E-state index is 0.340. The topological polar surface area (TPSA) is 35.3 Å². The molecule has 74 valence electrons. The molecule has 0 bridgehead atoms. The molecular weight excluding hydrogens is 178 g/mol. The molecule has 0 amide bonds. The second-order valence-electron chi connectivity index (χ2n) is 3.56. The molecule has 1 aromatic carbocycles. The van der Waals surface area contributed by atoms with Gasteiger partial charge < -0.3 is 9.26 Å². The molecule has 2 rings (SSSR count). The molecule has 0 spiro atoms. The quantitative estimate of drug-likeness (QED) is 0.732. The monoisotopic (exact) mass is 191 g/mol. The van der Waals surface area contributed by atoms with Crippen LogP contribution < -0.4 is 4.74 Å². The van der Waals surface area contributed by atoms with Gasteiger partial charge in [0.15, 0.2) is 5.58 Å². The number of rotatable bonds is 2. The molecular formula is C11H13NO2. The van der Waals surface area contributed by atoms with Gasteiger partial charge in [-0.3, -0.25) is 0 Å². The summed E-state index contributed by atoms with van der Waals surface area (Å²) in [6, 6.07) is 5.72. The molecule has 0 N–H and O–H groups in total. The maximum absolute atomic E-state index is 5.28. The zero-order chi connectivity index (χ0) is 10.1. The summed E-state index contributed by atoms with van der Waals surface area (Å²) in [5.74, 6) is 1.17. The molecule has 1 heterocycles. The van der Waals surface area contributed by atoms with Crippen molar-refractivity contribution in [2.24, 2.45) is 0 Å². The summed E-state index contributed by atoms with van der Waals surface area (Å²) in [6.07, 6.45) is 0. The van der Waals surface area contributed by atoms with Crippen molar-refractivity contribution < 1.29 is 9.26 Å². The van der Waals surface area contributed by atoms with Gasteiger partial charge in [-0.1, -0.05) is 25.1 Å². The zero-order valence-electron chi connectivity index (χ0n) is 8.57. The van der Waals surface area contributed by atoms with Crippen molar-refractivity contribution in [3.05, 3.63) is 23.9 Å². The summed E-state index contributed by atoms with van der Waals surface area (Å²) in [5, 5.41) is 5.04. The van der Waals surface area contributed by atoms with Gasteiger partial charge in [0, 0.05) is 0 Å². The zero-order valence-corrected chi connectivity index (χ0v) is 8.57. The van der Waals surface area contributed by atoms with E-state index in [2.05, 4.69) is 19.0 Å². The van der Waals surface area contributed by atoms with E-state index in [0.29, 0.717) is 5.92 Å². The molecule has 0 aliphatic rings. The Bertz CT molecular complexity index is 445. The Labute approximate surface area is 82.7 Å². The maximum Gasteiger partial charge on any atom is 0.170 e. The van der Waals surface area contributed by atoms with E-state index in [9.17, 15) is 0 Å². The summed E-state index contributed by atoms with van der Waals surface area (Å²) in [6.45, 7) is 4.17. The second kappa shape index (κ2) is 3.33. The second-order valence-corrected chi connectivity index (χ2v) is 3.56. The van der Waals surface area contributed by atoms with Gasteiger partial charge in [0.25, 0.3) is 0 Å². The number of methoxy groups -OCH3 is 1. The highest BCUT2D eigenvalue weighted by Gasteiger charge is 2.15. The lowest BCUT2D eigenvalue weighted by atomic mass is 10.1. The molecule has 0 unspecified atom stereocenters. The third-order valence-corrected chi connectivity index (χ3v) is 2.25. The van der Waals surface area contributed by atoms with Gasteiger partial charge in [-0.2, -0.15) is 0 Å². The first-order chi connectivity index (χ1) is 6.74. The molecule has 0 saturated heterocycles. The fourth-order valence-electron chi connectivity index (χ4n) is 1.55. The van der Waals surface area contributed by atoms with Crippen molar-refractivity contribution in [2.45, 2.75) is 19.8 Å². The average Bonchev–Trinajstić information content (AvgIpc) is 2.60. The third kappa shape index (κ3) is 1.25. The van der Waals surface area contributed by atoms with Gasteiger partial charge in [-0.25, -0.2) is 0 Å². The average molecular weight is 191 g/mol. The van der Waals surface area contributed by atoms with E-state index in [1.165, 1.54) is 0 Å². The lowest BCUT2D eigenvalue weighted by Gasteiger charge is -2.03. The number of ether oxygens (including phenoxy) is 1. The van der Waals surface area contributed by atoms with E-state index in [-0.39, 0.29) is 0 Å². The van der Waals surface area contributed by atoms with Crippen molar-refractivity contribution in [1.29, 1.82) is 0 Å². The van der Waals surface area contributed by atoms with E-state index >= 15 is 0 Å². The summed E-state index contributed by atoms with van der Waals surface area (Å²) in [5.41, 5.74) is 1.74. The molecule has 0 atom stereocenters. The molecule has 2 aromatic rings. The van der Waals surface area contributed by atoms with Gasteiger partial charge in [-0.05, 0) is 18.1 Å². The van der Waals surface area contributed by atoms with Crippen molar-refractivity contribution >= 4 is 11.0 Å². The predicted octanol–water partition coefficient (Wildman–Crippen LogP) is 2.96. The molecule has 3 heteroatoms. The van der Waals surface area contributed by atoms with Crippen LogP contribution in [0.5, 0.6) is 5.75 Å². The van der Waals surface area contributed by atoms with E-state index in [4.69, 9.17) is 9.26 Å². The van der Waals surface area contributed by atoms with Crippen LogP contribution in [0.1, 0.15) is 25.5 Å². The predicted molar refractivity (Wildman–Crippen MR) is 54.7 cm³/mol. The number of aromatic nitrogens is 1. The van der Waals surface area contributed by atoms with Crippen LogP contribution in [0.3, 0.4) is 0 Å². The third-order valence-electron chi connectivity index (χ3n) is 2.25. The van der Waals surface area contributed by atoms with Gasteiger partial charge in [-0.15, -0.1) is 0 Å². The minimum absolute atomic E-state index is 0.340. The minimum Gasteiger partial charge on any atom is -0.496 e. The number of fused-ring (bicyclic) bond motifs is 1. The largest absolute Gasteiger partial charge is 0.496 e. The van der Waals surface area contributed by atoms with E-state index < -0.39 is 0 Å². The number of hydrogen-bond acceptors (Lipinski definition) is 3. The number of hydrogen-bond donors (Lipinski definition) is 0. The summed E-state index contributed by atoms with van der Waals surface area (Å²) in [4.78, 5) is 0. The summed E-state index contributed by atoms with van der Waals surface area (Å²) >= 11 is 0. The number of nitrogens with zero attached hydrogens (tertiary/aromatic N) is 1.